The van der Waals surface area contributed by atoms with E-state index in [4.69, 9.17) is 0 Å². The summed E-state index contributed by atoms with van der Waals surface area (Å²) < 4.78 is 0. The number of nitrogens with one attached hydrogen (secondary N) is 1. The van der Waals surface area contributed by atoms with Crippen LogP contribution in [0.1, 0.15) is 68.2 Å². The topological polar surface area (TPSA) is 52.7 Å². The first-order chi connectivity index (χ1) is 15.2. The molecular formula is C26H37N3O2S. The van der Waals surface area contributed by atoms with E-state index in [1.54, 1.807) is 16.2 Å². The van der Waals surface area contributed by atoms with E-state index in [9.17, 15) is 9.59 Å². The third-order valence-electron chi connectivity index (χ3n) is 5.78. The molecule has 1 fully saturated rings. The monoisotopic (exact) mass is 455 g/mol. The second kappa shape index (κ2) is 11.0. The van der Waals surface area contributed by atoms with Crippen molar-refractivity contribution in [1.29, 1.82) is 0 Å². The van der Waals surface area contributed by atoms with Gasteiger partial charge < -0.3 is 15.1 Å². The summed E-state index contributed by atoms with van der Waals surface area (Å²) in [4.78, 5) is 32.9. The molecule has 174 valence electrons. The molecule has 1 N–H and O–H groups in total. The Hall–Kier alpha value is -2.34. The van der Waals surface area contributed by atoms with Crippen LogP contribution in [-0.2, 0) is 17.9 Å². The molecule has 0 saturated heterocycles. The number of thiophene rings is 1. The molecule has 6 heteroatoms. The third-order valence-corrected chi connectivity index (χ3v) is 6.76. The normalized spacial score (nSPS) is 14.8. The molecule has 0 radical (unpaired) electrons. The predicted octanol–water partition coefficient (Wildman–Crippen LogP) is 5.73. The molecule has 1 aromatic carbocycles. The Morgan fingerprint density at radius 2 is 1.69 bits per heavy atom. The maximum absolute atomic E-state index is 13.6. The van der Waals surface area contributed by atoms with Crippen LogP contribution >= 0.6 is 11.3 Å². The second-order valence-corrected chi connectivity index (χ2v) is 11.2. The zero-order chi connectivity index (χ0) is 23.1. The van der Waals surface area contributed by atoms with E-state index in [0.717, 1.165) is 36.1 Å². The van der Waals surface area contributed by atoms with E-state index in [1.165, 1.54) is 11.3 Å². The Bertz CT molecular complexity index is 882. The summed E-state index contributed by atoms with van der Waals surface area (Å²) in [7, 11) is 0. The van der Waals surface area contributed by atoms with Gasteiger partial charge in [0.05, 0.1) is 6.54 Å². The molecule has 2 aromatic rings. The van der Waals surface area contributed by atoms with Crippen molar-refractivity contribution < 1.29 is 9.59 Å². The van der Waals surface area contributed by atoms with Crippen molar-refractivity contribution in [3.05, 3.63) is 57.8 Å². The number of amides is 3. The van der Waals surface area contributed by atoms with Gasteiger partial charge >= 0.3 is 6.03 Å². The lowest BCUT2D eigenvalue weighted by molar-refractivity contribution is -0.133. The fourth-order valence-electron chi connectivity index (χ4n) is 4.19. The highest BCUT2D eigenvalue weighted by Gasteiger charge is 2.31. The van der Waals surface area contributed by atoms with Crippen molar-refractivity contribution in [3.8, 4) is 0 Å². The van der Waals surface area contributed by atoms with Crippen molar-refractivity contribution >= 4 is 23.3 Å². The Kier molecular flexibility index (Phi) is 8.35. The molecule has 0 bridgehead atoms. The van der Waals surface area contributed by atoms with Crippen LogP contribution < -0.4 is 5.32 Å². The molecule has 0 spiro atoms. The molecule has 0 aliphatic heterocycles. The minimum atomic E-state index is -0.342. The van der Waals surface area contributed by atoms with Gasteiger partial charge in [-0.3, -0.25) is 4.79 Å². The highest BCUT2D eigenvalue weighted by molar-refractivity contribution is 7.11. The maximum Gasteiger partial charge on any atom is 0.318 e. The SMILES string of the molecule is Cc1ccc(CN(Cc2ccccc2)C(=O)CN(C(=O)NC(C)(C)C)C2CCCCC2)s1. The van der Waals surface area contributed by atoms with Gasteiger partial charge in [-0.25, -0.2) is 4.79 Å². The number of carbonyl (C=O) groups is 2. The lowest BCUT2D eigenvalue weighted by Gasteiger charge is -2.37. The number of nitrogens with zero attached hydrogens (tertiary/aromatic N) is 2. The van der Waals surface area contributed by atoms with Crippen LogP contribution in [-0.4, -0.2) is 39.9 Å². The van der Waals surface area contributed by atoms with E-state index in [1.807, 2.05) is 56.0 Å². The maximum atomic E-state index is 13.6. The van der Waals surface area contributed by atoms with Crippen LogP contribution in [0.3, 0.4) is 0 Å². The van der Waals surface area contributed by atoms with Gasteiger partial charge in [0, 0.05) is 27.9 Å². The number of aryl methyl sites for hydroxylation is 1. The van der Waals surface area contributed by atoms with Crippen LogP contribution in [0.2, 0.25) is 0 Å². The van der Waals surface area contributed by atoms with Crippen molar-refractivity contribution in [2.75, 3.05) is 6.54 Å². The van der Waals surface area contributed by atoms with Gasteiger partial charge in [0.2, 0.25) is 5.91 Å². The van der Waals surface area contributed by atoms with E-state index >= 15 is 0 Å². The molecule has 1 aromatic heterocycles. The number of carbonyl (C=O) groups excluding carboxylic acids is 2. The van der Waals surface area contributed by atoms with Crippen molar-refractivity contribution in [2.45, 2.75) is 84.5 Å². The Morgan fingerprint density at radius 1 is 1.00 bits per heavy atom. The Balaban J connectivity index is 1.79. The average Bonchev–Trinajstić information content (AvgIpc) is 3.16. The van der Waals surface area contributed by atoms with Gasteiger partial charge in [-0.15, -0.1) is 11.3 Å². The van der Waals surface area contributed by atoms with Crippen LogP contribution in [0.5, 0.6) is 0 Å². The van der Waals surface area contributed by atoms with Gasteiger partial charge in [0.25, 0.3) is 0 Å². The van der Waals surface area contributed by atoms with Crippen molar-refractivity contribution in [2.24, 2.45) is 0 Å². The summed E-state index contributed by atoms with van der Waals surface area (Å²) in [5.41, 5.74) is 0.753. The van der Waals surface area contributed by atoms with E-state index in [2.05, 4.69) is 24.4 Å². The summed E-state index contributed by atoms with van der Waals surface area (Å²) >= 11 is 1.72. The first kappa shape index (κ1) is 24.3. The fourth-order valence-corrected chi connectivity index (χ4v) is 5.10. The van der Waals surface area contributed by atoms with Gasteiger partial charge in [-0.05, 0) is 58.2 Å². The number of hydrogen-bond acceptors (Lipinski definition) is 3. The van der Waals surface area contributed by atoms with E-state index in [-0.39, 0.29) is 30.1 Å². The van der Waals surface area contributed by atoms with E-state index < -0.39 is 0 Å². The molecule has 1 aliphatic rings. The zero-order valence-electron chi connectivity index (χ0n) is 19.9. The van der Waals surface area contributed by atoms with Crippen LogP contribution in [0.4, 0.5) is 4.79 Å². The zero-order valence-corrected chi connectivity index (χ0v) is 20.7. The molecule has 5 nitrogen and oxygen atoms in total. The molecule has 3 rings (SSSR count). The average molecular weight is 456 g/mol. The van der Waals surface area contributed by atoms with Crippen LogP contribution in [0.15, 0.2) is 42.5 Å². The van der Waals surface area contributed by atoms with Gasteiger partial charge in [-0.2, -0.15) is 0 Å². The fraction of sp³-hybridized carbons (Fsp3) is 0.538. The van der Waals surface area contributed by atoms with Gasteiger partial charge in [0.1, 0.15) is 6.54 Å². The Labute approximate surface area is 196 Å². The molecule has 32 heavy (non-hydrogen) atoms. The standard InChI is InChI=1S/C26H37N3O2S/c1-20-15-16-23(32-20)18-28(17-21-11-7-5-8-12-21)24(30)19-29(22-13-9-6-10-14-22)25(31)27-26(2,3)4/h5,7-8,11-12,15-16,22H,6,9-10,13-14,17-19H2,1-4H3,(H,27,31). The molecular weight excluding hydrogens is 418 g/mol. The van der Waals surface area contributed by atoms with Gasteiger partial charge in [0.15, 0.2) is 0 Å². The molecule has 3 amide bonds. The molecule has 0 unspecified atom stereocenters. The smallest absolute Gasteiger partial charge is 0.318 e. The molecule has 1 heterocycles. The highest BCUT2D eigenvalue weighted by atomic mass is 32.1. The summed E-state index contributed by atoms with van der Waals surface area (Å²) in [6, 6.07) is 14.3. The summed E-state index contributed by atoms with van der Waals surface area (Å²) in [5.74, 6) is -0.00506. The van der Waals surface area contributed by atoms with Gasteiger partial charge in [-0.1, -0.05) is 49.6 Å². The first-order valence-corrected chi connectivity index (χ1v) is 12.5. The number of benzene rings is 1. The number of rotatable bonds is 7. The second-order valence-electron chi connectivity index (χ2n) is 9.85. The predicted molar refractivity (Wildman–Crippen MR) is 132 cm³/mol. The molecule has 1 saturated carbocycles. The molecule has 0 atom stereocenters. The van der Waals surface area contributed by atoms with Crippen LogP contribution in [0, 0.1) is 6.92 Å². The van der Waals surface area contributed by atoms with Crippen molar-refractivity contribution in [3.63, 3.8) is 0 Å². The van der Waals surface area contributed by atoms with E-state index in [0.29, 0.717) is 13.1 Å². The minimum Gasteiger partial charge on any atom is -0.333 e. The minimum absolute atomic E-state index is 0.00506. The summed E-state index contributed by atoms with van der Waals surface area (Å²) in [5, 5.41) is 3.08. The first-order valence-electron chi connectivity index (χ1n) is 11.7. The summed E-state index contributed by atoms with van der Waals surface area (Å²) in [6.07, 6.45) is 5.36. The largest absolute Gasteiger partial charge is 0.333 e. The number of urea groups is 1. The third kappa shape index (κ3) is 7.37. The quantitative estimate of drug-likeness (QED) is 0.580. The Morgan fingerprint density at radius 3 is 2.28 bits per heavy atom. The lowest BCUT2D eigenvalue weighted by Crippen LogP contribution is -2.55. The lowest BCUT2D eigenvalue weighted by atomic mass is 9.94. The number of hydrogen-bond donors (Lipinski definition) is 1. The van der Waals surface area contributed by atoms with Crippen molar-refractivity contribution in [1.82, 2.24) is 15.1 Å². The highest BCUT2D eigenvalue weighted by Crippen LogP contribution is 2.24. The summed E-state index contributed by atoms with van der Waals surface area (Å²) in [6.45, 7) is 9.23. The molecule has 1 aliphatic carbocycles. The van der Waals surface area contributed by atoms with Crippen LogP contribution in [0.25, 0.3) is 0 Å².